The van der Waals surface area contributed by atoms with Crippen molar-refractivity contribution in [2.45, 2.75) is 51.4 Å². The Morgan fingerprint density at radius 3 is 2.78 bits per heavy atom. The molecule has 5 heteroatoms. The molecule has 5 rings (SSSR count). The number of benzene rings is 1. The number of hydrogen-bond donors (Lipinski definition) is 0. The predicted octanol–water partition coefficient (Wildman–Crippen LogP) is 5.43. The summed E-state index contributed by atoms with van der Waals surface area (Å²) >= 11 is 0. The highest BCUT2D eigenvalue weighted by Crippen LogP contribution is 2.39. The molecule has 0 spiro atoms. The lowest BCUT2D eigenvalue weighted by Crippen LogP contribution is -2.37. The Balaban J connectivity index is 1.18. The Labute approximate surface area is 192 Å². The van der Waals surface area contributed by atoms with Crippen LogP contribution in [0.15, 0.2) is 36.0 Å². The summed E-state index contributed by atoms with van der Waals surface area (Å²) < 4.78 is 11.4. The number of methoxy groups -OCH3 is 1. The van der Waals surface area contributed by atoms with Crippen molar-refractivity contribution < 1.29 is 9.47 Å². The third-order valence-corrected chi connectivity index (χ3v) is 7.60. The molecule has 0 radical (unpaired) electrons. The molecule has 2 fully saturated rings. The first-order chi connectivity index (χ1) is 15.8. The summed E-state index contributed by atoms with van der Waals surface area (Å²) in [5.41, 5.74) is 3.90. The summed E-state index contributed by atoms with van der Waals surface area (Å²) in [7, 11) is 1.72. The largest absolute Gasteiger partial charge is 0.497 e. The second-order valence-electron chi connectivity index (χ2n) is 9.65. The van der Waals surface area contributed by atoms with Crippen molar-refractivity contribution in [1.29, 1.82) is 0 Å². The van der Waals surface area contributed by atoms with E-state index in [4.69, 9.17) is 9.47 Å². The van der Waals surface area contributed by atoms with Crippen molar-refractivity contribution >= 4 is 16.6 Å². The van der Waals surface area contributed by atoms with Gasteiger partial charge in [-0.1, -0.05) is 18.1 Å². The number of aromatic nitrogens is 1. The lowest BCUT2D eigenvalue weighted by atomic mass is 9.92. The minimum atomic E-state index is 0.733. The fraction of sp³-hybridized carbons (Fsp3) is 0.593. The zero-order valence-corrected chi connectivity index (χ0v) is 19.5. The van der Waals surface area contributed by atoms with Crippen LogP contribution in [0.3, 0.4) is 0 Å². The van der Waals surface area contributed by atoms with E-state index in [9.17, 15) is 0 Å². The minimum absolute atomic E-state index is 0.733. The summed E-state index contributed by atoms with van der Waals surface area (Å²) in [6, 6.07) is 6.12. The van der Waals surface area contributed by atoms with Gasteiger partial charge in [-0.15, -0.1) is 0 Å². The van der Waals surface area contributed by atoms with Crippen molar-refractivity contribution in [2.75, 3.05) is 51.3 Å². The van der Waals surface area contributed by atoms with E-state index in [-0.39, 0.29) is 0 Å². The van der Waals surface area contributed by atoms with Crippen LogP contribution in [0, 0.1) is 5.92 Å². The fourth-order valence-electron chi connectivity index (χ4n) is 5.56. The molecule has 1 saturated carbocycles. The van der Waals surface area contributed by atoms with Gasteiger partial charge >= 0.3 is 0 Å². The topological polar surface area (TPSA) is 37.8 Å². The second-order valence-corrected chi connectivity index (χ2v) is 9.65. The quantitative estimate of drug-likeness (QED) is 0.565. The van der Waals surface area contributed by atoms with Crippen molar-refractivity contribution in [1.82, 2.24) is 9.88 Å². The van der Waals surface area contributed by atoms with Crippen molar-refractivity contribution in [3.63, 3.8) is 0 Å². The predicted molar refractivity (Wildman–Crippen MR) is 131 cm³/mol. The molecule has 0 atom stereocenters. The standard InChI is InChI=1S/C27H37N3O2/c1-31-23-7-8-25-24(19-23)27-26(20-28-25)32-18-17-30(27)16-12-22-10-14-29(15-11-22)13-9-21-5-3-2-4-6-21/h7-9,19-20,22H,2-6,10-18H2,1H3. The van der Waals surface area contributed by atoms with Crippen molar-refractivity contribution in [3.05, 3.63) is 36.0 Å². The van der Waals surface area contributed by atoms with Gasteiger partial charge in [-0.05, 0) is 82.2 Å². The van der Waals surface area contributed by atoms with Crippen LogP contribution in [0.25, 0.3) is 10.9 Å². The van der Waals surface area contributed by atoms with Gasteiger partial charge in [-0.2, -0.15) is 0 Å². The first-order valence-corrected chi connectivity index (χ1v) is 12.5. The van der Waals surface area contributed by atoms with E-state index < -0.39 is 0 Å². The van der Waals surface area contributed by atoms with Gasteiger partial charge in [-0.3, -0.25) is 9.88 Å². The average Bonchev–Trinajstić information content (AvgIpc) is 2.87. The Morgan fingerprint density at radius 1 is 1.12 bits per heavy atom. The van der Waals surface area contributed by atoms with E-state index in [1.807, 2.05) is 18.3 Å². The smallest absolute Gasteiger partial charge is 0.161 e. The minimum Gasteiger partial charge on any atom is -0.497 e. The number of ether oxygens (including phenoxy) is 2. The second kappa shape index (κ2) is 10.1. The molecule has 1 aromatic carbocycles. The Morgan fingerprint density at radius 2 is 1.97 bits per heavy atom. The molecule has 0 amide bonds. The molecule has 3 aliphatic rings. The average molecular weight is 436 g/mol. The number of pyridine rings is 1. The van der Waals surface area contributed by atoms with Gasteiger partial charge in [0.1, 0.15) is 12.4 Å². The number of fused-ring (bicyclic) bond motifs is 3. The maximum Gasteiger partial charge on any atom is 0.161 e. The normalized spacial score (nSPS) is 20.2. The summed E-state index contributed by atoms with van der Waals surface area (Å²) in [4.78, 5) is 9.77. The highest BCUT2D eigenvalue weighted by Gasteiger charge is 2.24. The lowest BCUT2D eigenvalue weighted by Gasteiger charge is -2.35. The fourth-order valence-corrected chi connectivity index (χ4v) is 5.56. The van der Waals surface area contributed by atoms with Gasteiger partial charge in [0.05, 0.1) is 31.1 Å². The molecule has 0 N–H and O–H groups in total. The number of hydrogen-bond acceptors (Lipinski definition) is 5. The van der Waals surface area contributed by atoms with Gasteiger partial charge < -0.3 is 14.4 Å². The number of likely N-dealkylation sites (tertiary alicyclic amines) is 1. The van der Waals surface area contributed by atoms with Crippen LogP contribution < -0.4 is 14.4 Å². The molecule has 1 saturated heterocycles. The zero-order valence-electron chi connectivity index (χ0n) is 19.5. The maximum absolute atomic E-state index is 5.96. The number of rotatable bonds is 6. The first kappa shape index (κ1) is 21.6. The van der Waals surface area contributed by atoms with Gasteiger partial charge in [-0.25, -0.2) is 0 Å². The first-order valence-electron chi connectivity index (χ1n) is 12.5. The van der Waals surface area contributed by atoms with E-state index >= 15 is 0 Å². The molecular formula is C27H37N3O2. The Kier molecular flexibility index (Phi) is 6.82. The highest BCUT2D eigenvalue weighted by molar-refractivity contribution is 5.96. The van der Waals surface area contributed by atoms with Crippen molar-refractivity contribution in [3.8, 4) is 11.5 Å². The summed E-state index contributed by atoms with van der Waals surface area (Å²) in [6.07, 6.45) is 15.2. The molecule has 2 aromatic rings. The molecule has 172 valence electrons. The van der Waals surface area contributed by atoms with Crippen molar-refractivity contribution in [2.24, 2.45) is 5.92 Å². The monoisotopic (exact) mass is 435 g/mol. The van der Waals surface area contributed by atoms with Crippen LogP contribution in [0.1, 0.15) is 51.4 Å². The van der Waals surface area contributed by atoms with Crippen LogP contribution in [-0.2, 0) is 0 Å². The van der Waals surface area contributed by atoms with Crippen LogP contribution in [0.2, 0.25) is 0 Å². The van der Waals surface area contributed by atoms with Gasteiger partial charge in [0, 0.05) is 18.5 Å². The number of nitrogens with zero attached hydrogens (tertiary/aromatic N) is 3. The van der Waals surface area contributed by atoms with E-state index in [1.165, 1.54) is 76.7 Å². The number of piperidine rings is 1. The molecule has 32 heavy (non-hydrogen) atoms. The number of allylic oxidation sites excluding steroid dienone is 1. The van der Waals surface area contributed by atoms with Crippen LogP contribution >= 0.6 is 0 Å². The molecule has 2 aliphatic heterocycles. The third-order valence-electron chi connectivity index (χ3n) is 7.60. The molecule has 1 aliphatic carbocycles. The van der Waals surface area contributed by atoms with Gasteiger partial charge in [0.2, 0.25) is 0 Å². The molecule has 0 bridgehead atoms. The van der Waals surface area contributed by atoms with Crippen LogP contribution in [0.4, 0.5) is 5.69 Å². The highest BCUT2D eigenvalue weighted by atomic mass is 16.5. The Hall–Kier alpha value is -2.27. The third kappa shape index (κ3) is 4.88. The van der Waals surface area contributed by atoms with E-state index in [1.54, 1.807) is 12.7 Å². The van der Waals surface area contributed by atoms with Crippen LogP contribution in [0.5, 0.6) is 11.5 Å². The van der Waals surface area contributed by atoms with E-state index in [0.717, 1.165) is 48.0 Å². The van der Waals surface area contributed by atoms with Gasteiger partial charge in [0.15, 0.2) is 5.75 Å². The van der Waals surface area contributed by atoms with E-state index in [2.05, 4.69) is 26.9 Å². The van der Waals surface area contributed by atoms with Crippen LogP contribution in [-0.4, -0.2) is 56.3 Å². The summed E-state index contributed by atoms with van der Waals surface area (Å²) in [5, 5.41) is 1.13. The summed E-state index contributed by atoms with van der Waals surface area (Å²) in [6.45, 7) is 6.42. The molecular weight excluding hydrogens is 398 g/mol. The van der Waals surface area contributed by atoms with E-state index in [0.29, 0.717) is 0 Å². The Bertz CT molecular complexity index is 936. The lowest BCUT2D eigenvalue weighted by molar-refractivity contribution is 0.194. The van der Waals surface area contributed by atoms with Gasteiger partial charge in [0.25, 0.3) is 0 Å². The summed E-state index contributed by atoms with van der Waals surface area (Å²) in [5.74, 6) is 2.60. The molecule has 0 unspecified atom stereocenters. The molecule has 1 aromatic heterocycles. The molecule has 3 heterocycles. The maximum atomic E-state index is 5.96. The SMILES string of the molecule is COc1ccc2ncc3c(c2c1)N(CCC1CCN(CC=C2CCCCC2)CC1)CCO3. The molecule has 5 nitrogen and oxygen atoms in total. The zero-order chi connectivity index (χ0) is 21.8. The number of anilines is 1.